The molecule has 1 atom stereocenters. The van der Waals surface area contributed by atoms with E-state index in [1.54, 1.807) is 42.9 Å². The van der Waals surface area contributed by atoms with Gasteiger partial charge in [0.15, 0.2) is 11.5 Å². The first-order valence-electron chi connectivity index (χ1n) is 9.74. The van der Waals surface area contributed by atoms with Crippen molar-refractivity contribution in [2.75, 3.05) is 20.8 Å². The van der Waals surface area contributed by atoms with Crippen molar-refractivity contribution in [2.45, 2.75) is 25.8 Å². The minimum atomic E-state index is -0.331. The summed E-state index contributed by atoms with van der Waals surface area (Å²) in [5, 5.41) is 4.39. The van der Waals surface area contributed by atoms with E-state index in [1.807, 2.05) is 18.2 Å². The van der Waals surface area contributed by atoms with Crippen LogP contribution in [0.25, 0.3) is 5.69 Å². The Labute approximate surface area is 174 Å². The maximum atomic E-state index is 13.2. The average molecular weight is 410 g/mol. The van der Waals surface area contributed by atoms with Gasteiger partial charge >= 0.3 is 0 Å². The molecule has 2 heterocycles. The van der Waals surface area contributed by atoms with Crippen LogP contribution < -0.4 is 9.47 Å². The molecule has 156 valence electrons. The van der Waals surface area contributed by atoms with Crippen LogP contribution in [0.4, 0.5) is 4.39 Å². The quantitative estimate of drug-likeness (QED) is 0.641. The predicted molar refractivity (Wildman–Crippen MR) is 109 cm³/mol. The molecular formula is C22H23FN4O3. The summed E-state index contributed by atoms with van der Waals surface area (Å²) in [6, 6.07) is 11.5. The molecule has 0 bridgehead atoms. The topological polar surface area (TPSA) is 69.5 Å². The van der Waals surface area contributed by atoms with Crippen LogP contribution in [0.1, 0.15) is 40.9 Å². The third kappa shape index (κ3) is 3.60. The SMILES string of the molecule is COc1ccc(C2CCCN2C(=O)c2nc(C)n(-c3ccc(F)cc3)n2)cc1OC. The van der Waals surface area contributed by atoms with Gasteiger partial charge in [-0.1, -0.05) is 6.07 Å². The van der Waals surface area contributed by atoms with E-state index in [4.69, 9.17) is 9.47 Å². The lowest BCUT2D eigenvalue weighted by atomic mass is 10.0. The average Bonchev–Trinajstić information content (AvgIpc) is 3.40. The van der Waals surface area contributed by atoms with Gasteiger partial charge in [0, 0.05) is 6.54 Å². The van der Waals surface area contributed by atoms with Crippen molar-refractivity contribution < 1.29 is 18.7 Å². The maximum Gasteiger partial charge on any atom is 0.294 e. The smallest absolute Gasteiger partial charge is 0.294 e. The fraction of sp³-hybridized carbons (Fsp3) is 0.318. The van der Waals surface area contributed by atoms with Crippen molar-refractivity contribution in [3.05, 3.63) is 65.5 Å². The number of aromatic nitrogens is 3. The van der Waals surface area contributed by atoms with Crippen molar-refractivity contribution in [1.29, 1.82) is 0 Å². The number of aryl methyl sites for hydroxylation is 1. The molecule has 3 aromatic rings. The molecule has 0 saturated carbocycles. The molecule has 1 aliphatic heterocycles. The number of nitrogens with zero attached hydrogens (tertiary/aromatic N) is 4. The van der Waals surface area contributed by atoms with E-state index < -0.39 is 0 Å². The number of hydrogen-bond acceptors (Lipinski definition) is 5. The first-order chi connectivity index (χ1) is 14.5. The molecule has 1 amide bonds. The Kier molecular flexibility index (Phi) is 5.39. The number of rotatable bonds is 5. The zero-order valence-electron chi connectivity index (χ0n) is 17.1. The number of likely N-dealkylation sites (tertiary alicyclic amines) is 1. The fourth-order valence-corrected chi connectivity index (χ4v) is 3.85. The molecule has 0 spiro atoms. The van der Waals surface area contributed by atoms with Gasteiger partial charge in [-0.2, -0.15) is 0 Å². The zero-order valence-corrected chi connectivity index (χ0v) is 17.1. The van der Waals surface area contributed by atoms with Crippen molar-refractivity contribution >= 4 is 5.91 Å². The summed E-state index contributed by atoms with van der Waals surface area (Å²) >= 11 is 0. The van der Waals surface area contributed by atoms with Crippen LogP contribution in [0.2, 0.25) is 0 Å². The van der Waals surface area contributed by atoms with Gasteiger partial charge in [0.1, 0.15) is 11.6 Å². The second-order valence-corrected chi connectivity index (χ2v) is 7.14. The van der Waals surface area contributed by atoms with Crippen LogP contribution in [-0.4, -0.2) is 46.3 Å². The monoisotopic (exact) mass is 410 g/mol. The molecule has 8 heteroatoms. The molecule has 1 fully saturated rings. The number of halogens is 1. The third-order valence-electron chi connectivity index (χ3n) is 5.34. The van der Waals surface area contributed by atoms with Gasteiger partial charge in [0.05, 0.1) is 25.9 Å². The summed E-state index contributed by atoms with van der Waals surface area (Å²) in [5.74, 6) is 1.41. The lowest BCUT2D eigenvalue weighted by Gasteiger charge is -2.24. The minimum absolute atomic E-state index is 0.0876. The molecule has 4 rings (SSSR count). The van der Waals surface area contributed by atoms with Gasteiger partial charge in [-0.05, 0) is 61.7 Å². The highest BCUT2D eigenvalue weighted by atomic mass is 19.1. The van der Waals surface area contributed by atoms with E-state index in [9.17, 15) is 9.18 Å². The van der Waals surface area contributed by atoms with Gasteiger partial charge < -0.3 is 14.4 Å². The first-order valence-corrected chi connectivity index (χ1v) is 9.74. The maximum absolute atomic E-state index is 13.2. The molecule has 0 aliphatic carbocycles. The molecule has 1 aromatic heterocycles. The second kappa shape index (κ2) is 8.14. The lowest BCUT2D eigenvalue weighted by molar-refractivity contribution is 0.0723. The number of carbonyl (C=O) groups is 1. The van der Waals surface area contributed by atoms with E-state index in [2.05, 4.69) is 10.1 Å². The normalized spacial score (nSPS) is 16.0. The number of amides is 1. The number of benzene rings is 2. The Morgan fingerprint density at radius 1 is 1.10 bits per heavy atom. The highest BCUT2D eigenvalue weighted by molar-refractivity contribution is 5.91. The van der Waals surface area contributed by atoms with Crippen LogP contribution in [0.15, 0.2) is 42.5 Å². The van der Waals surface area contributed by atoms with Crippen LogP contribution in [0, 0.1) is 12.7 Å². The van der Waals surface area contributed by atoms with Crippen molar-refractivity contribution in [2.24, 2.45) is 0 Å². The molecule has 0 radical (unpaired) electrons. The van der Waals surface area contributed by atoms with Crippen molar-refractivity contribution in [3.8, 4) is 17.2 Å². The predicted octanol–water partition coefficient (Wildman–Crippen LogP) is 3.71. The molecule has 1 aliphatic rings. The molecule has 2 aromatic carbocycles. The van der Waals surface area contributed by atoms with E-state index >= 15 is 0 Å². The second-order valence-electron chi connectivity index (χ2n) is 7.14. The first kappa shape index (κ1) is 19.9. The number of methoxy groups -OCH3 is 2. The van der Waals surface area contributed by atoms with Crippen molar-refractivity contribution in [3.63, 3.8) is 0 Å². The van der Waals surface area contributed by atoms with Gasteiger partial charge in [0.2, 0.25) is 5.82 Å². The van der Waals surface area contributed by atoms with E-state index in [-0.39, 0.29) is 23.6 Å². The number of carbonyl (C=O) groups excluding carboxylic acids is 1. The summed E-state index contributed by atoms with van der Waals surface area (Å²) in [7, 11) is 3.18. The summed E-state index contributed by atoms with van der Waals surface area (Å²) in [6.07, 6.45) is 1.74. The molecular weight excluding hydrogens is 387 g/mol. The largest absolute Gasteiger partial charge is 0.493 e. The van der Waals surface area contributed by atoms with E-state index in [0.29, 0.717) is 29.6 Å². The van der Waals surface area contributed by atoms with Crippen LogP contribution in [0.5, 0.6) is 11.5 Å². The molecule has 0 N–H and O–H groups in total. The number of ether oxygens (including phenoxy) is 2. The molecule has 7 nitrogen and oxygen atoms in total. The molecule has 1 saturated heterocycles. The summed E-state index contributed by atoms with van der Waals surface area (Å²) in [6.45, 7) is 2.39. The van der Waals surface area contributed by atoms with Gasteiger partial charge in [-0.3, -0.25) is 4.79 Å². The summed E-state index contributed by atoms with van der Waals surface area (Å²) in [5.41, 5.74) is 1.63. The van der Waals surface area contributed by atoms with Crippen LogP contribution in [-0.2, 0) is 0 Å². The fourth-order valence-electron chi connectivity index (χ4n) is 3.85. The third-order valence-corrected chi connectivity index (χ3v) is 5.34. The highest BCUT2D eigenvalue weighted by Crippen LogP contribution is 2.37. The van der Waals surface area contributed by atoms with Crippen LogP contribution >= 0.6 is 0 Å². The Balaban J connectivity index is 1.61. The Hall–Kier alpha value is -3.42. The van der Waals surface area contributed by atoms with Crippen molar-refractivity contribution in [1.82, 2.24) is 19.7 Å². The zero-order chi connectivity index (χ0) is 21.3. The van der Waals surface area contributed by atoms with Gasteiger partial charge in [-0.15, -0.1) is 5.10 Å². The molecule has 1 unspecified atom stereocenters. The standard InChI is InChI=1S/C22H23FN4O3/c1-14-24-21(25-27(14)17-9-7-16(23)8-10-17)22(28)26-12-4-5-18(26)15-6-11-19(29-2)20(13-15)30-3/h6-11,13,18H,4-5,12H2,1-3H3. The minimum Gasteiger partial charge on any atom is -0.493 e. The Morgan fingerprint density at radius 3 is 2.53 bits per heavy atom. The van der Waals surface area contributed by atoms with E-state index in [0.717, 1.165) is 18.4 Å². The summed E-state index contributed by atoms with van der Waals surface area (Å²) in [4.78, 5) is 19.4. The number of hydrogen-bond donors (Lipinski definition) is 0. The lowest BCUT2D eigenvalue weighted by Crippen LogP contribution is -2.31. The highest BCUT2D eigenvalue weighted by Gasteiger charge is 2.33. The summed E-state index contributed by atoms with van der Waals surface area (Å²) < 4.78 is 25.5. The Morgan fingerprint density at radius 2 is 1.83 bits per heavy atom. The molecule has 30 heavy (non-hydrogen) atoms. The van der Waals surface area contributed by atoms with Gasteiger partial charge in [0.25, 0.3) is 5.91 Å². The Bertz CT molecular complexity index is 1060. The van der Waals surface area contributed by atoms with Crippen LogP contribution in [0.3, 0.4) is 0 Å². The van der Waals surface area contributed by atoms with E-state index in [1.165, 1.54) is 12.1 Å². The van der Waals surface area contributed by atoms with Gasteiger partial charge in [-0.25, -0.2) is 14.1 Å².